The van der Waals surface area contributed by atoms with Gasteiger partial charge in [0.1, 0.15) is 0 Å². The Kier molecular flexibility index (Phi) is 5.42. The van der Waals surface area contributed by atoms with Crippen LogP contribution < -0.4 is 10.1 Å². The molecule has 8 heteroatoms. The average molecular weight is 355 g/mol. The van der Waals surface area contributed by atoms with E-state index in [2.05, 4.69) is 5.32 Å². The molecule has 0 amide bonds. The van der Waals surface area contributed by atoms with Crippen molar-refractivity contribution in [3.05, 3.63) is 63.7 Å². The molecule has 0 aliphatic rings. The van der Waals surface area contributed by atoms with Crippen molar-refractivity contribution in [3.63, 3.8) is 0 Å². The first-order chi connectivity index (χ1) is 12.3. The highest BCUT2D eigenvalue weighted by Crippen LogP contribution is 2.34. The molecule has 0 heterocycles. The van der Waals surface area contributed by atoms with Gasteiger partial charge in [-0.15, -0.1) is 0 Å². The minimum atomic E-state index is -1.62. The van der Waals surface area contributed by atoms with E-state index in [0.29, 0.717) is 11.3 Å². The smallest absolute Gasteiger partial charge is 0.333 e. The summed E-state index contributed by atoms with van der Waals surface area (Å²) < 4.78 is 5.23. The summed E-state index contributed by atoms with van der Waals surface area (Å²) in [6.07, 6.45) is 0. The van der Waals surface area contributed by atoms with Crippen LogP contribution in [0.2, 0.25) is 0 Å². The molecular weight excluding hydrogens is 338 g/mol. The topological polar surface area (TPSA) is 125 Å². The standard InChI is InChI=1S/C18H17N3O5/c1-3-26-16-9-6-13(10-15(16)21(24)25)18(2,17(22)23)20-14-7-4-12(11-19)5-8-14/h4-10,20H,3H2,1-2H3,(H,22,23). The molecule has 2 aromatic carbocycles. The predicted octanol–water partition coefficient (Wildman–Crippen LogP) is 3.28. The number of benzene rings is 2. The van der Waals surface area contributed by atoms with E-state index in [4.69, 9.17) is 10.00 Å². The lowest BCUT2D eigenvalue weighted by Gasteiger charge is -2.28. The number of ether oxygens (including phenoxy) is 1. The average Bonchev–Trinajstić information content (AvgIpc) is 2.62. The zero-order valence-electron chi connectivity index (χ0n) is 14.2. The SMILES string of the molecule is CCOc1ccc(C(C)(Nc2ccc(C#N)cc2)C(=O)O)cc1[N+](=O)[O-]. The van der Waals surface area contributed by atoms with Gasteiger partial charge in [0.15, 0.2) is 11.3 Å². The van der Waals surface area contributed by atoms with E-state index in [-0.39, 0.29) is 23.6 Å². The molecular formula is C18H17N3O5. The lowest BCUT2D eigenvalue weighted by atomic mass is 9.91. The molecule has 0 aliphatic heterocycles. The van der Waals surface area contributed by atoms with Gasteiger partial charge < -0.3 is 15.2 Å². The number of carboxylic acids is 1. The summed E-state index contributed by atoms with van der Waals surface area (Å²) in [5.41, 5.74) is -0.832. The molecule has 0 aliphatic carbocycles. The van der Waals surface area contributed by atoms with Gasteiger partial charge in [0.2, 0.25) is 0 Å². The van der Waals surface area contributed by atoms with Crippen molar-refractivity contribution in [1.82, 2.24) is 0 Å². The van der Waals surface area contributed by atoms with Crippen molar-refractivity contribution in [2.45, 2.75) is 19.4 Å². The van der Waals surface area contributed by atoms with Crippen LogP contribution in [0.3, 0.4) is 0 Å². The molecule has 0 radical (unpaired) electrons. The third-order valence-corrected chi connectivity index (χ3v) is 3.87. The molecule has 1 unspecified atom stereocenters. The van der Waals surface area contributed by atoms with Crippen LogP contribution in [-0.2, 0) is 10.3 Å². The summed E-state index contributed by atoms with van der Waals surface area (Å²) in [6, 6.07) is 12.3. The van der Waals surface area contributed by atoms with Crippen molar-refractivity contribution in [2.24, 2.45) is 0 Å². The van der Waals surface area contributed by atoms with Crippen LogP contribution in [0.5, 0.6) is 5.75 Å². The van der Waals surface area contributed by atoms with Gasteiger partial charge in [-0.05, 0) is 49.7 Å². The summed E-state index contributed by atoms with van der Waals surface area (Å²) in [7, 11) is 0. The van der Waals surface area contributed by atoms with Gasteiger partial charge in [0.05, 0.1) is 23.2 Å². The minimum Gasteiger partial charge on any atom is -0.487 e. The Morgan fingerprint density at radius 2 is 2.00 bits per heavy atom. The second kappa shape index (κ2) is 7.53. The number of nitrogens with zero attached hydrogens (tertiary/aromatic N) is 2. The molecule has 0 bridgehead atoms. The fourth-order valence-corrected chi connectivity index (χ4v) is 2.41. The van der Waals surface area contributed by atoms with Crippen LogP contribution in [0.4, 0.5) is 11.4 Å². The number of carbonyl (C=O) groups is 1. The zero-order chi connectivity index (χ0) is 19.3. The second-order valence-corrected chi connectivity index (χ2v) is 5.62. The van der Waals surface area contributed by atoms with Gasteiger partial charge in [-0.3, -0.25) is 10.1 Å². The van der Waals surface area contributed by atoms with Gasteiger partial charge in [-0.1, -0.05) is 6.07 Å². The molecule has 0 saturated carbocycles. The number of anilines is 1. The normalized spacial score (nSPS) is 12.5. The number of rotatable bonds is 7. The first-order valence-corrected chi connectivity index (χ1v) is 7.75. The first kappa shape index (κ1) is 18.7. The highest BCUT2D eigenvalue weighted by atomic mass is 16.6. The van der Waals surface area contributed by atoms with Crippen LogP contribution >= 0.6 is 0 Å². The van der Waals surface area contributed by atoms with E-state index in [1.54, 1.807) is 31.2 Å². The number of hydrogen-bond acceptors (Lipinski definition) is 6. The van der Waals surface area contributed by atoms with Crippen LogP contribution in [0.1, 0.15) is 25.0 Å². The Hall–Kier alpha value is -3.60. The largest absolute Gasteiger partial charge is 0.487 e. The lowest BCUT2D eigenvalue weighted by Crippen LogP contribution is -2.40. The highest BCUT2D eigenvalue weighted by molar-refractivity contribution is 5.84. The lowest BCUT2D eigenvalue weighted by molar-refractivity contribution is -0.385. The third kappa shape index (κ3) is 3.72. The summed E-state index contributed by atoms with van der Waals surface area (Å²) in [6.45, 7) is 3.36. The number of aliphatic carboxylic acids is 1. The van der Waals surface area contributed by atoms with Crippen molar-refractivity contribution in [3.8, 4) is 11.8 Å². The maximum Gasteiger partial charge on any atom is 0.333 e. The van der Waals surface area contributed by atoms with Crippen molar-refractivity contribution in [1.29, 1.82) is 5.26 Å². The van der Waals surface area contributed by atoms with Crippen molar-refractivity contribution >= 4 is 17.3 Å². The number of hydrogen-bond donors (Lipinski definition) is 2. The minimum absolute atomic E-state index is 0.0763. The van der Waals surface area contributed by atoms with E-state index >= 15 is 0 Å². The molecule has 0 saturated heterocycles. The molecule has 2 rings (SSSR count). The van der Waals surface area contributed by atoms with Crippen molar-refractivity contribution in [2.75, 3.05) is 11.9 Å². The third-order valence-electron chi connectivity index (χ3n) is 3.87. The van der Waals surface area contributed by atoms with Gasteiger partial charge in [0, 0.05) is 11.8 Å². The molecule has 0 fully saturated rings. The van der Waals surface area contributed by atoms with Gasteiger partial charge in [0.25, 0.3) is 0 Å². The Bertz CT molecular complexity index is 873. The van der Waals surface area contributed by atoms with Gasteiger partial charge >= 0.3 is 11.7 Å². The first-order valence-electron chi connectivity index (χ1n) is 7.75. The quantitative estimate of drug-likeness (QED) is 0.576. The van der Waals surface area contributed by atoms with E-state index < -0.39 is 16.4 Å². The maximum absolute atomic E-state index is 11.9. The van der Waals surface area contributed by atoms with Gasteiger partial charge in [-0.2, -0.15) is 5.26 Å². The highest BCUT2D eigenvalue weighted by Gasteiger charge is 2.37. The fourth-order valence-electron chi connectivity index (χ4n) is 2.41. The summed E-state index contributed by atoms with van der Waals surface area (Å²) in [5, 5.41) is 32.7. The molecule has 2 N–H and O–H groups in total. The number of nitro benzene ring substituents is 1. The van der Waals surface area contributed by atoms with E-state index in [1.807, 2.05) is 6.07 Å². The van der Waals surface area contributed by atoms with E-state index in [1.165, 1.54) is 25.1 Å². The second-order valence-electron chi connectivity index (χ2n) is 5.62. The molecule has 8 nitrogen and oxygen atoms in total. The fraction of sp³-hybridized carbons (Fsp3) is 0.222. The summed E-state index contributed by atoms with van der Waals surface area (Å²) in [5.74, 6) is -1.13. The summed E-state index contributed by atoms with van der Waals surface area (Å²) >= 11 is 0. The van der Waals surface area contributed by atoms with Crippen LogP contribution in [0, 0.1) is 21.4 Å². The molecule has 0 aromatic heterocycles. The molecule has 2 aromatic rings. The number of carboxylic acid groups (broad SMARTS) is 1. The number of nitriles is 1. The Morgan fingerprint density at radius 1 is 1.35 bits per heavy atom. The Morgan fingerprint density at radius 3 is 2.50 bits per heavy atom. The molecule has 134 valence electrons. The Balaban J connectivity index is 2.47. The molecule has 26 heavy (non-hydrogen) atoms. The Labute approximate surface area is 149 Å². The van der Waals surface area contributed by atoms with Gasteiger partial charge in [-0.25, -0.2) is 4.79 Å². The van der Waals surface area contributed by atoms with Crippen LogP contribution in [-0.4, -0.2) is 22.6 Å². The molecule has 1 atom stereocenters. The van der Waals surface area contributed by atoms with E-state index in [0.717, 1.165) is 0 Å². The van der Waals surface area contributed by atoms with Crippen LogP contribution in [0.15, 0.2) is 42.5 Å². The monoisotopic (exact) mass is 355 g/mol. The summed E-state index contributed by atoms with van der Waals surface area (Å²) in [4.78, 5) is 22.6. The zero-order valence-corrected chi connectivity index (χ0v) is 14.2. The predicted molar refractivity (Wildman–Crippen MR) is 94.0 cm³/mol. The molecule has 0 spiro atoms. The number of nitro groups is 1. The maximum atomic E-state index is 11.9. The number of nitrogens with one attached hydrogen (secondary N) is 1. The van der Waals surface area contributed by atoms with Crippen LogP contribution in [0.25, 0.3) is 0 Å². The van der Waals surface area contributed by atoms with E-state index in [9.17, 15) is 20.0 Å². The van der Waals surface area contributed by atoms with Crippen molar-refractivity contribution < 1.29 is 19.6 Å².